The number of hydrogen-bond acceptors (Lipinski definition) is 1. The standard InChI is InChI=1S/C18H25ClO/c1-13-7-8-15(14(2)11-13)20-17-12-16(19)18(17)9-5-3-4-6-10-18/h7-8,11,16-17H,3-6,9-10,12H2,1-2H3. The molecule has 2 atom stereocenters. The Morgan fingerprint density at radius 3 is 2.40 bits per heavy atom. The fourth-order valence-corrected chi connectivity index (χ4v) is 4.49. The van der Waals surface area contributed by atoms with Crippen LogP contribution in [0.3, 0.4) is 0 Å². The minimum absolute atomic E-state index is 0.245. The van der Waals surface area contributed by atoms with Crippen LogP contribution in [0.1, 0.15) is 56.1 Å². The van der Waals surface area contributed by atoms with Gasteiger partial charge in [0.1, 0.15) is 11.9 Å². The number of benzene rings is 1. The summed E-state index contributed by atoms with van der Waals surface area (Å²) in [6.45, 7) is 4.26. The highest BCUT2D eigenvalue weighted by Gasteiger charge is 2.55. The zero-order valence-electron chi connectivity index (χ0n) is 12.6. The molecule has 1 spiro atoms. The molecule has 1 nitrogen and oxygen atoms in total. The third-order valence-corrected chi connectivity index (χ3v) is 5.93. The molecule has 2 saturated carbocycles. The van der Waals surface area contributed by atoms with Crippen molar-refractivity contribution in [3.63, 3.8) is 0 Å². The molecule has 1 aromatic carbocycles. The molecule has 3 rings (SSSR count). The van der Waals surface area contributed by atoms with Gasteiger partial charge in [0.05, 0.1) is 0 Å². The molecule has 0 aromatic heterocycles. The number of halogens is 1. The molecule has 20 heavy (non-hydrogen) atoms. The zero-order valence-corrected chi connectivity index (χ0v) is 13.4. The molecule has 0 radical (unpaired) electrons. The van der Waals surface area contributed by atoms with Crippen LogP contribution in [0, 0.1) is 19.3 Å². The van der Waals surface area contributed by atoms with Crippen molar-refractivity contribution >= 4 is 11.6 Å². The second kappa shape index (κ2) is 5.60. The van der Waals surface area contributed by atoms with Crippen LogP contribution in [0.5, 0.6) is 5.75 Å². The van der Waals surface area contributed by atoms with E-state index in [4.69, 9.17) is 16.3 Å². The van der Waals surface area contributed by atoms with E-state index in [2.05, 4.69) is 32.0 Å². The van der Waals surface area contributed by atoms with Crippen molar-refractivity contribution in [3.8, 4) is 5.75 Å². The Hall–Kier alpha value is -0.690. The van der Waals surface area contributed by atoms with Gasteiger partial charge in [-0.2, -0.15) is 0 Å². The van der Waals surface area contributed by atoms with Gasteiger partial charge in [-0.05, 0) is 38.3 Å². The number of rotatable bonds is 2. The lowest BCUT2D eigenvalue weighted by atomic mass is 9.61. The molecule has 0 amide bonds. The lowest BCUT2D eigenvalue weighted by Gasteiger charge is -2.53. The van der Waals surface area contributed by atoms with Gasteiger partial charge < -0.3 is 4.74 Å². The summed E-state index contributed by atoms with van der Waals surface area (Å²) in [4.78, 5) is 0. The van der Waals surface area contributed by atoms with Gasteiger partial charge in [-0.25, -0.2) is 0 Å². The Balaban J connectivity index is 1.76. The molecule has 2 fully saturated rings. The summed E-state index contributed by atoms with van der Waals surface area (Å²) >= 11 is 6.60. The normalized spacial score (nSPS) is 28.8. The molecule has 2 heteroatoms. The molecule has 0 saturated heterocycles. The van der Waals surface area contributed by atoms with Gasteiger partial charge in [-0.1, -0.05) is 43.4 Å². The predicted octanol–water partition coefficient (Wildman–Crippen LogP) is 5.40. The minimum atomic E-state index is 0.245. The van der Waals surface area contributed by atoms with E-state index < -0.39 is 0 Å². The Labute approximate surface area is 127 Å². The zero-order chi connectivity index (χ0) is 14.2. The first-order valence-electron chi connectivity index (χ1n) is 8.00. The molecule has 110 valence electrons. The summed E-state index contributed by atoms with van der Waals surface area (Å²) in [6, 6.07) is 6.46. The quantitative estimate of drug-likeness (QED) is 0.663. The lowest BCUT2D eigenvalue weighted by Crippen LogP contribution is -2.57. The van der Waals surface area contributed by atoms with Crippen molar-refractivity contribution in [1.29, 1.82) is 0 Å². The van der Waals surface area contributed by atoms with Crippen LogP contribution in [0.25, 0.3) is 0 Å². The summed E-state index contributed by atoms with van der Waals surface area (Å²) in [6.07, 6.45) is 9.18. The number of aryl methyl sites for hydroxylation is 2. The Kier molecular flexibility index (Phi) is 3.99. The largest absolute Gasteiger partial charge is 0.489 e. The number of alkyl halides is 1. The van der Waals surface area contributed by atoms with E-state index in [0.29, 0.717) is 11.5 Å². The van der Waals surface area contributed by atoms with E-state index >= 15 is 0 Å². The van der Waals surface area contributed by atoms with Gasteiger partial charge in [-0.15, -0.1) is 11.6 Å². The van der Waals surface area contributed by atoms with Gasteiger partial charge >= 0.3 is 0 Å². The van der Waals surface area contributed by atoms with Gasteiger partial charge in [0.15, 0.2) is 0 Å². The first kappa shape index (κ1) is 14.3. The summed E-state index contributed by atoms with van der Waals surface area (Å²) in [5.74, 6) is 1.05. The fourth-order valence-electron chi connectivity index (χ4n) is 3.97. The Morgan fingerprint density at radius 2 is 1.80 bits per heavy atom. The van der Waals surface area contributed by atoms with Crippen molar-refractivity contribution in [2.75, 3.05) is 0 Å². The maximum atomic E-state index is 6.60. The highest BCUT2D eigenvalue weighted by atomic mass is 35.5. The SMILES string of the molecule is Cc1ccc(OC2CC(Cl)C23CCCCCC3)c(C)c1. The summed E-state index contributed by atoms with van der Waals surface area (Å²) < 4.78 is 6.37. The molecule has 2 aliphatic carbocycles. The third kappa shape index (κ3) is 2.45. The van der Waals surface area contributed by atoms with E-state index in [1.54, 1.807) is 0 Å². The first-order valence-corrected chi connectivity index (χ1v) is 8.43. The van der Waals surface area contributed by atoms with Crippen molar-refractivity contribution in [2.45, 2.75) is 70.3 Å². The van der Waals surface area contributed by atoms with E-state index in [9.17, 15) is 0 Å². The molecule has 0 bridgehead atoms. The van der Waals surface area contributed by atoms with Crippen LogP contribution in [0.4, 0.5) is 0 Å². The third-order valence-electron chi connectivity index (χ3n) is 5.32. The van der Waals surface area contributed by atoms with E-state index in [-0.39, 0.29) is 5.41 Å². The Morgan fingerprint density at radius 1 is 1.10 bits per heavy atom. The molecular formula is C18H25ClO. The number of ether oxygens (including phenoxy) is 1. The van der Waals surface area contributed by atoms with Gasteiger partial charge in [0, 0.05) is 17.2 Å². The summed E-state index contributed by atoms with van der Waals surface area (Å²) in [5.41, 5.74) is 2.78. The Bertz CT molecular complexity index is 474. The summed E-state index contributed by atoms with van der Waals surface area (Å²) in [7, 11) is 0. The topological polar surface area (TPSA) is 9.23 Å². The molecule has 0 heterocycles. The monoisotopic (exact) mass is 292 g/mol. The maximum absolute atomic E-state index is 6.60. The second-order valence-corrected chi connectivity index (χ2v) is 7.25. The van der Waals surface area contributed by atoms with Crippen LogP contribution in [0.15, 0.2) is 18.2 Å². The maximum Gasteiger partial charge on any atom is 0.122 e. The fraction of sp³-hybridized carbons (Fsp3) is 0.667. The smallest absolute Gasteiger partial charge is 0.122 e. The highest BCUT2D eigenvalue weighted by Crippen LogP contribution is 2.55. The van der Waals surface area contributed by atoms with Crippen LogP contribution >= 0.6 is 11.6 Å². The van der Waals surface area contributed by atoms with Gasteiger partial charge in [-0.3, -0.25) is 0 Å². The van der Waals surface area contributed by atoms with Crippen LogP contribution in [0.2, 0.25) is 0 Å². The van der Waals surface area contributed by atoms with Crippen molar-refractivity contribution in [1.82, 2.24) is 0 Å². The number of hydrogen-bond donors (Lipinski definition) is 0. The van der Waals surface area contributed by atoms with E-state index in [1.807, 2.05) is 0 Å². The van der Waals surface area contributed by atoms with E-state index in [1.165, 1.54) is 49.7 Å². The van der Waals surface area contributed by atoms with Crippen LogP contribution in [-0.2, 0) is 0 Å². The first-order chi connectivity index (χ1) is 9.62. The van der Waals surface area contributed by atoms with Gasteiger partial charge in [0.25, 0.3) is 0 Å². The highest BCUT2D eigenvalue weighted by molar-refractivity contribution is 6.21. The van der Waals surface area contributed by atoms with Crippen molar-refractivity contribution < 1.29 is 4.74 Å². The second-order valence-electron chi connectivity index (χ2n) is 6.73. The molecule has 0 N–H and O–H groups in total. The van der Waals surface area contributed by atoms with Crippen LogP contribution < -0.4 is 4.74 Å². The predicted molar refractivity (Wildman–Crippen MR) is 84.7 cm³/mol. The van der Waals surface area contributed by atoms with Crippen molar-refractivity contribution in [2.24, 2.45) is 5.41 Å². The van der Waals surface area contributed by atoms with Crippen LogP contribution in [-0.4, -0.2) is 11.5 Å². The minimum Gasteiger partial charge on any atom is -0.489 e. The average Bonchev–Trinajstić information content (AvgIpc) is 2.69. The average molecular weight is 293 g/mol. The lowest BCUT2D eigenvalue weighted by molar-refractivity contribution is -0.0515. The molecular weight excluding hydrogens is 268 g/mol. The molecule has 2 unspecified atom stereocenters. The molecule has 1 aromatic rings. The molecule has 0 aliphatic heterocycles. The van der Waals surface area contributed by atoms with Crippen molar-refractivity contribution in [3.05, 3.63) is 29.3 Å². The van der Waals surface area contributed by atoms with E-state index in [0.717, 1.165) is 12.2 Å². The molecule has 2 aliphatic rings. The summed E-state index contributed by atoms with van der Waals surface area (Å²) in [5, 5.41) is 0.316. The van der Waals surface area contributed by atoms with Gasteiger partial charge in [0.2, 0.25) is 0 Å².